The highest BCUT2D eigenvalue weighted by Crippen LogP contribution is 2.12. The molecule has 0 saturated heterocycles. The largest absolute Gasteiger partial charge is 0.222 e. The average Bonchev–Trinajstić information content (AvgIpc) is 2.18. The highest BCUT2D eigenvalue weighted by Gasteiger charge is 2.13. The summed E-state index contributed by atoms with van der Waals surface area (Å²) in [5.74, 6) is -0.581. The van der Waals surface area contributed by atoms with Crippen LogP contribution in [0.15, 0.2) is 34.3 Å². The predicted octanol–water partition coefficient (Wildman–Crippen LogP) is 1.32. The van der Waals surface area contributed by atoms with Crippen LogP contribution in [0.5, 0.6) is 0 Å². The van der Waals surface area contributed by atoms with Crippen LogP contribution in [-0.2, 0) is 9.84 Å². The molecule has 14 heavy (non-hydrogen) atoms. The first-order chi connectivity index (χ1) is 6.60. The second kappa shape index (κ2) is 3.98. The number of sulfone groups is 1. The van der Waals surface area contributed by atoms with E-state index in [9.17, 15) is 8.42 Å². The maximum atomic E-state index is 11.4. The summed E-state index contributed by atoms with van der Waals surface area (Å²) in [6.07, 6.45) is 0. The fourth-order valence-electron chi connectivity index (χ4n) is 0.919. The van der Waals surface area contributed by atoms with Crippen LogP contribution in [0.4, 0.5) is 0 Å². The molecule has 0 aromatic heterocycles. The van der Waals surface area contributed by atoms with Crippen molar-refractivity contribution in [3.8, 4) is 6.07 Å². The molecule has 0 aliphatic carbocycles. The Morgan fingerprint density at radius 2 is 2.21 bits per heavy atom. The predicted molar refractivity (Wildman–Crippen MR) is 48.4 cm³/mol. The molecule has 5 nitrogen and oxygen atoms in total. The Kier molecular flexibility index (Phi) is 2.94. The zero-order chi connectivity index (χ0) is 10.6. The Morgan fingerprint density at radius 3 is 2.79 bits per heavy atom. The van der Waals surface area contributed by atoms with Gasteiger partial charge >= 0.3 is 0 Å². The third-order valence-corrected chi connectivity index (χ3v) is 3.00. The molecular weight excluding hydrogens is 202 g/mol. The van der Waals surface area contributed by atoms with Crippen molar-refractivity contribution in [2.45, 2.75) is 4.90 Å². The lowest BCUT2D eigenvalue weighted by atomic mass is 10.2. The summed E-state index contributed by atoms with van der Waals surface area (Å²) in [5, 5.41) is 11.4. The van der Waals surface area contributed by atoms with Gasteiger partial charge in [0.25, 0.3) is 0 Å². The Bertz CT molecular complexity index is 488. The normalized spacial score (nSPS) is 10.5. The SMILES string of the molecule is N#Cc1cccc(S(=O)(=O)CN=N)c1. The van der Waals surface area contributed by atoms with Gasteiger partial charge in [0.05, 0.1) is 16.5 Å². The molecule has 0 saturated carbocycles. The highest BCUT2D eigenvalue weighted by atomic mass is 32.2. The molecule has 6 heteroatoms. The molecule has 0 aliphatic rings. The van der Waals surface area contributed by atoms with Crippen molar-refractivity contribution in [1.29, 1.82) is 10.8 Å². The molecular formula is C8H7N3O2S. The van der Waals surface area contributed by atoms with E-state index in [1.54, 1.807) is 0 Å². The molecule has 0 amide bonds. The number of nitrogens with zero attached hydrogens (tertiary/aromatic N) is 2. The molecule has 0 atom stereocenters. The lowest BCUT2D eigenvalue weighted by Crippen LogP contribution is -2.04. The van der Waals surface area contributed by atoms with E-state index >= 15 is 0 Å². The molecule has 0 bridgehead atoms. The van der Waals surface area contributed by atoms with E-state index in [0.29, 0.717) is 0 Å². The first kappa shape index (κ1) is 10.3. The fourth-order valence-corrected chi connectivity index (χ4v) is 1.83. The molecule has 1 aromatic rings. The van der Waals surface area contributed by atoms with Crippen LogP contribution in [0.3, 0.4) is 0 Å². The van der Waals surface area contributed by atoms with Gasteiger partial charge in [0.2, 0.25) is 0 Å². The number of hydrogen-bond acceptors (Lipinski definition) is 5. The van der Waals surface area contributed by atoms with Crippen molar-refractivity contribution in [2.24, 2.45) is 5.11 Å². The molecule has 0 heterocycles. The minimum atomic E-state index is -3.55. The molecule has 0 spiro atoms. The summed E-state index contributed by atoms with van der Waals surface area (Å²) >= 11 is 0. The molecule has 0 unspecified atom stereocenters. The Hall–Kier alpha value is -1.74. The number of hydrogen-bond donors (Lipinski definition) is 1. The molecule has 0 radical (unpaired) electrons. The van der Waals surface area contributed by atoms with Crippen LogP contribution in [0.2, 0.25) is 0 Å². The zero-order valence-electron chi connectivity index (χ0n) is 7.14. The minimum Gasteiger partial charge on any atom is -0.222 e. The maximum Gasteiger partial charge on any atom is 0.200 e. The summed E-state index contributed by atoms with van der Waals surface area (Å²) in [4.78, 5) is 0.0209. The Morgan fingerprint density at radius 1 is 1.50 bits per heavy atom. The third-order valence-electron chi connectivity index (χ3n) is 1.56. The van der Waals surface area contributed by atoms with Crippen LogP contribution in [0.25, 0.3) is 0 Å². The Balaban J connectivity index is 3.21. The minimum absolute atomic E-state index is 0.0209. The Labute approximate surface area is 81.4 Å². The van der Waals surface area contributed by atoms with Gasteiger partial charge in [-0.25, -0.2) is 13.9 Å². The van der Waals surface area contributed by atoms with E-state index in [1.165, 1.54) is 24.3 Å². The van der Waals surface area contributed by atoms with Gasteiger partial charge in [0, 0.05) is 0 Å². The van der Waals surface area contributed by atoms with Crippen molar-refractivity contribution >= 4 is 9.84 Å². The first-order valence-corrected chi connectivity index (χ1v) is 5.31. The standard InChI is InChI=1S/C8H7N3O2S/c9-5-7-2-1-3-8(4-7)14(12,13)6-11-10/h1-4,10H,6H2. The molecule has 0 fully saturated rings. The number of rotatable bonds is 3. The molecule has 0 aliphatic heterocycles. The van der Waals surface area contributed by atoms with Gasteiger partial charge in [0.15, 0.2) is 15.7 Å². The van der Waals surface area contributed by atoms with Gasteiger partial charge in [-0.05, 0) is 18.2 Å². The average molecular weight is 209 g/mol. The van der Waals surface area contributed by atoms with Crippen molar-refractivity contribution in [1.82, 2.24) is 0 Å². The van der Waals surface area contributed by atoms with Crippen molar-refractivity contribution in [3.63, 3.8) is 0 Å². The third kappa shape index (κ3) is 2.14. The van der Waals surface area contributed by atoms with E-state index < -0.39 is 15.7 Å². The van der Waals surface area contributed by atoms with E-state index in [2.05, 4.69) is 5.11 Å². The summed E-state index contributed by atoms with van der Waals surface area (Å²) in [6, 6.07) is 7.47. The van der Waals surface area contributed by atoms with E-state index in [1.807, 2.05) is 6.07 Å². The van der Waals surface area contributed by atoms with Gasteiger partial charge in [-0.15, -0.1) is 0 Å². The number of nitriles is 1. The number of nitrogens with one attached hydrogen (secondary N) is 1. The second-order valence-corrected chi connectivity index (χ2v) is 4.50. The van der Waals surface area contributed by atoms with E-state index in [0.717, 1.165) is 0 Å². The second-order valence-electron chi connectivity index (χ2n) is 2.54. The lowest BCUT2D eigenvalue weighted by molar-refractivity contribution is 0.595. The van der Waals surface area contributed by atoms with Crippen LogP contribution in [-0.4, -0.2) is 14.3 Å². The quantitative estimate of drug-likeness (QED) is 0.760. The van der Waals surface area contributed by atoms with E-state index in [-0.39, 0.29) is 10.5 Å². The van der Waals surface area contributed by atoms with Gasteiger partial charge in [0.1, 0.15) is 0 Å². The summed E-state index contributed by atoms with van der Waals surface area (Å²) in [5.41, 5.74) is 6.76. The van der Waals surface area contributed by atoms with Gasteiger partial charge < -0.3 is 0 Å². The fraction of sp³-hybridized carbons (Fsp3) is 0.125. The van der Waals surface area contributed by atoms with Gasteiger partial charge in [-0.1, -0.05) is 6.07 Å². The molecule has 72 valence electrons. The van der Waals surface area contributed by atoms with Gasteiger partial charge in [-0.3, -0.25) is 0 Å². The highest BCUT2D eigenvalue weighted by molar-refractivity contribution is 7.91. The van der Waals surface area contributed by atoms with Crippen molar-refractivity contribution < 1.29 is 8.42 Å². The molecule has 1 aromatic carbocycles. The summed E-state index contributed by atoms with van der Waals surface area (Å²) in [6.45, 7) is 0. The van der Waals surface area contributed by atoms with Crippen LogP contribution >= 0.6 is 0 Å². The van der Waals surface area contributed by atoms with E-state index in [4.69, 9.17) is 10.8 Å². The molecule has 1 N–H and O–H groups in total. The lowest BCUT2D eigenvalue weighted by Gasteiger charge is -1.99. The smallest absolute Gasteiger partial charge is 0.200 e. The van der Waals surface area contributed by atoms with Crippen LogP contribution in [0.1, 0.15) is 5.56 Å². The van der Waals surface area contributed by atoms with Gasteiger partial charge in [-0.2, -0.15) is 10.4 Å². The van der Waals surface area contributed by atoms with Crippen molar-refractivity contribution in [3.05, 3.63) is 29.8 Å². The maximum absolute atomic E-state index is 11.4. The van der Waals surface area contributed by atoms with Crippen LogP contribution < -0.4 is 0 Å². The van der Waals surface area contributed by atoms with Crippen molar-refractivity contribution in [2.75, 3.05) is 5.88 Å². The topological polar surface area (TPSA) is 94.1 Å². The first-order valence-electron chi connectivity index (χ1n) is 3.66. The summed E-state index contributed by atoms with van der Waals surface area (Å²) in [7, 11) is -3.55. The summed E-state index contributed by atoms with van der Waals surface area (Å²) < 4.78 is 22.8. The number of benzene rings is 1. The molecule has 1 rings (SSSR count). The monoisotopic (exact) mass is 209 g/mol. The van der Waals surface area contributed by atoms with Crippen LogP contribution in [0, 0.1) is 16.9 Å². The zero-order valence-corrected chi connectivity index (χ0v) is 7.95.